The highest BCUT2D eigenvalue weighted by Gasteiger charge is 2.53. The van der Waals surface area contributed by atoms with E-state index in [0.29, 0.717) is 12.7 Å². The maximum absolute atomic E-state index is 13.5. The van der Waals surface area contributed by atoms with Crippen molar-refractivity contribution in [3.05, 3.63) is 12.2 Å². The molecular formula is C44H71NO17. The lowest BCUT2D eigenvalue weighted by atomic mass is 9.82. The monoisotopic (exact) mass is 885 g/mol. The molecule has 0 radical (unpaired) electrons. The van der Waals surface area contributed by atoms with Gasteiger partial charge in [0.2, 0.25) is 0 Å². The number of ether oxygens (including phenoxy) is 10. The van der Waals surface area contributed by atoms with E-state index in [2.05, 4.69) is 0 Å². The van der Waals surface area contributed by atoms with E-state index >= 15 is 0 Å². The third kappa shape index (κ3) is 13.7. The Balaban J connectivity index is 1.72. The quantitative estimate of drug-likeness (QED) is 0.0841. The third-order valence-corrected chi connectivity index (χ3v) is 12.1. The van der Waals surface area contributed by atoms with E-state index in [-0.39, 0.29) is 50.7 Å². The summed E-state index contributed by atoms with van der Waals surface area (Å²) in [6.07, 6.45) is -8.04. The molecule has 0 unspecified atom stereocenters. The van der Waals surface area contributed by atoms with Gasteiger partial charge in [0, 0.05) is 45.6 Å². The molecular weight excluding hydrogens is 814 g/mol. The first kappa shape index (κ1) is 51.6. The van der Waals surface area contributed by atoms with Crippen molar-refractivity contribution in [2.45, 2.75) is 204 Å². The lowest BCUT2D eigenvalue weighted by molar-refractivity contribution is -0.344. The molecule has 4 heterocycles. The molecule has 0 aliphatic carbocycles. The number of cyclic esters (lactones) is 1. The van der Waals surface area contributed by atoms with E-state index in [1.54, 1.807) is 73.5 Å². The minimum atomic E-state index is -1.51. The molecule has 0 amide bonds. The highest BCUT2D eigenvalue weighted by Crippen LogP contribution is 2.38. The van der Waals surface area contributed by atoms with Crippen molar-refractivity contribution in [2.75, 3.05) is 21.2 Å². The Kier molecular flexibility index (Phi) is 19.3. The largest absolute Gasteiger partial charge is 0.462 e. The Morgan fingerprint density at radius 3 is 2.11 bits per heavy atom. The number of likely N-dealkylation sites (N-methyl/N-ethyl adjacent to an activating group) is 1. The smallest absolute Gasteiger partial charge is 0.309 e. The van der Waals surface area contributed by atoms with Crippen LogP contribution in [0.2, 0.25) is 0 Å². The van der Waals surface area contributed by atoms with Gasteiger partial charge < -0.3 is 67.3 Å². The summed E-state index contributed by atoms with van der Waals surface area (Å²) >= 11 is 0. The average molecular weight is 886 g/mol. The second-order valence-corrected chi connectivity index (χ2v) is 17.5. The van der Waals surface area contributed by atoms with Crippen LogP contribution < -0.4 is 0 Å². The number of epoxide rings is 1. The van der Waals surface area contributed by atoms with Gasteiger partial charge in [-0.1, -0.05) is 33.8 Å². The maximum Gasteiger partial charge on any atom is 0.309 e. The molecule has 0 aromatic rings. The van der Waals surface area contributed by atoms with Gasteiger partial charge in [0.1, 0.15) is 54.6 Å². The van der Waals surface area contributed by atoms with Crippen LogP contribution in [-0.4, -0.2) is 164 Å². The minimum absolute atomic E-state index is 0.0206. The number of carbonyl (C=O) groups is 5. The first-order valence-electron chi connectivity index (χ1n) is 22.0. The van der Waals surface area contributed by atoms with E-state index in [0.717, 1.165) is 0 Å². The van der Waals surface area contributed by atoms with Crippen molar-refractivity contribution in [3.8, 4) is 0 Å². The van der Waals surface area contributed by atoms with Gasteiger partial charge in [-0.3, -0.25) is 19.2 Å². The van der Waals surface area contributed by atoms with Crippen LogP contribution in [0.1, 0.15) is 107 Å². The molecule has 4 rings (SSSR count). The van der Waals surface area contributed by atoms with Gasteiger partial charge >= 0.3 is 23.9 Å². The van der Waals surface area contributed by atoms with Crippen LogP contribution in [0, 0.1) is 11.8 Å². The number of methoxy groups -OCH3 is 1. The Labute approximate surface area is 365 Å². The van der Waals surface area contributed by atoms with Crippen molar-refractivity contribution < 1.29 is 81.6 Å². The van der Waals surface area contributed by atoms with Gasteiger partial charge in [-0.05, 0) is 66.1 Å². The van der Waals surface area contributed by atoms with Crippen molar-refractivity contribution >= 4 is 30.2 Å². The number of hydrogen-bond acceptors (Lipinski definition) is 18. The number of esters is 4. The lowest BCUT2D eigenvalue weighted by Gasteiger charge is -2.50. The first-order chi connectivity index (χ1) is 29.3. The van der Waals surface area contributed by atoms with Crippen LogP contribution in [0.5, 0.6) is 0 Å². The maximum atomic E-state index is 13.5. The molecule has 0 spiro atoms. The van der Waals surface area contributed by atoms with Crippen LogP contribution >= 0.6 is 0 Å². The fraction of sp³-hybridized carbons (Fsp3) is 0.841. The molecule has 0 bridgehead atoms. The third-order valence-electron chi connectivity index (χ3n) is 12.1. The highest BCUT2D eigenvalue weighted by molar-refractivity contribution is 5.73. The SMILES string of the molecule is CCC(=O)O[C@H]1/C=C/[C@H]2O[C@H]2C[C@@H](C)OC(=O)C[C@H](OC(=O)CC)[C@H](OC)[C@@H](O[C@H]2O[C@H](C)[C@@H](O[C@@H]3C[C@](C)(O)[C@H](OC(=O)CC)[C@@H](C)O3)[C@H](N(C)C)[C@H]2O)[C@@H](CC=O)C[C@@H]1C. The Bertz CT molecular complexity index is 1520. The van der Waals surface area contributed by atoms with Crippen molar-refractivity contribution in [1.29, 1.82) is 0 Å². The van der Waals surface area contributed by atoms with Crippen LogP contribution in [-0.2, 0) is 71.3 Å². The molecule has 3 saturated heterocycles. The van der Waals surface area contributed by atoms with Gasteiger partial charge in [0.15, 0.2) is 18.7 Å². The molecule has 18 heteroatoms. The average Bonchev–Trinajstić information content (AvgIpc) is 3.94. The van der Waals surface area contributed by atoms with E-state index < -0.39 is 127 Å². The fourth-order valence-corrected chi connectivity index (χ4v) is 8.74. The van der Waals surface area contributed by atoms with Gasteiger partial charge in [-0.25, -0.2) is 0 Å². The van der Waals surface area contributed by atoms with Gasteiger partial charge in [-0.15, -0.1) is 0 Å². The zero-order chi connectivity index (χ0) is 46.1. The van der Waals surface area contributed by atoms with Crippen LogP contribution in [0.3, 0.4) is 0 Å². The summed E-state index contributed by atoms with van der Waals surface area (Å²) < 4.78 is 60.7. The molecule has 4 aliphatic rings. The second kappa shape index (κ2) is 23.2. The minimum Gasteiger partial charge on any atom is -0.462 e. The fourth-order valence-electron chi connectivity index (χ4n) is 8.74. The van der Waals surface area contributed by atoms with Crippen LogP contribution in [0.15, 0.2) is 12.2 Å². The van der Waals surface area contributed by atoms with Crippen LogP contribution in [0.25, 0.3) is 0 Å². The van der Waals surface area contributed by atoms with Gasteiger partial charge in [-0.2, -0.15) is 0 Å². The molecule has 0 aromatic heterocycles. The number of nitrogens with zero attached hydrogens (tertiary/aromatic N) is 1. The summed E-state index contributed by atoms with van der Waals surface area (Å²) in [5.41, 5.74) is -1.51. The standard InChI is InChI=1S/C44H71NO17/c1-12-32(47)58-28-15-16-29-30(57-29)20-24(5)54-35(50)21-31(59-33(48)13-2)41(53-11)40(27(17-18-46)19-23(28)4)62-43-38(51)37(45(9)10)39(25(6)56-43)61-36-22-44(8,52)42(26(7)55-36)60-34(49)14-3/h15-16,18,23-31,36-43,51-52H,12-14,17,19-22H2,1-11H3/b16-15+/t23-,24+,25+,26+,27-,28-,29+,30-,31-,36+,37+,38+,39+,40-,41-,42+,43+,44-/m0/s1. The Morgan fingerprint density at radius 2 is 1.52 bits per heavy atom. The molecule has 4 aliphatic heterocycles. The predicted molar refractivity (Wildman–Crippen MR) is 219 cm³/mol. The van der Waals surface area contributed by atoms with E-state index in [1.165, 1.54) is 7.11 Å². The molecule has 354 valence electrons. The normalized spacial score (nSPS) is 41.3. The van der Waals surface area contributed by atoms with E-state index in [1.807, 2.05) is 13.0 Å². The summed E-state index contributed by atoms with van der Waals surface area (Å²) in [6.45, 7) is 13.5. The summed E-state index contributed by atoms with van der Waals surface area (Å²) in [7, 11) is 4.85. The number of hydrogen-bond donors (Lipinski definition) is 2. The molecule has 18 nitrogen and oxygen atoms in total. The topological polar surface area (TPSA) is 225 Å². The number of aldehydes is 1. The molecule has 3 fully saturated rings. The van der Waals surface area contributed by atoms with Crippen molar-refractivity contribution in [1.82, 2.24) is 4.90 Å². The van der Waals surface area contributed by atoms with E-state index in [4.69, 9.17) is 47.4 Å². The van der Waals surface area contributed by atoms with Gasteiger partial charge in [0.25, 0.3) is 0 Å². The number of aliphatic hydroxyl groups excluding tert-OH is 1. The van der Waals surface area contributed by atoms with E-state index in [9.17, 15) is 34.2 Å². The van der Waals surface area contributed by atoms with Crippen LogP contribution in [0.4, 0.5) is 0 Å². The number of fused-ring (bicyclic) bond motifs is 1. The zero-order valence-electron chi connectivity index (χ0n) is 38.2. The first-order valence-corrected chi connectivity index (χ1v) is 22.0. The Hall–Kier alpha value is -3.07. The molecule has 18 atom stereocenters. The molecule has 2 N–H and O–H groups in total. The highest BCUT2D eigenvalue weighted by atomic mass is 16.7. The number of rotatable bonds is 14. The lowest BCUT2D eigenvalue weighted by Crippen LogP contribution is -2.66. The summed E-state index contributed by atoms with van der Waals surface area (Å²) in [5.74, 6) is -3.35. The summed E-state index contributed by atoms with van der Waals surface area (Å²) in [4.78, 5) is 65.6. The van der Waals surface area contributed by atoms with Gasteiger partial charge in [0.05, 0.1) is 36.9 Å². The summed E-state index contributed by atoms with van der Waals surface area (Å²) in [5, 5.41) is 23.6. The Morgan fingerprint density at radius 1 is 0.871 bits per heavy atom. The zero-order valence-corrected chi connectivity index (χ0v) is 38.2. The van der Waals surface area contributed by atoms with Crippen molar-refractivity contribution in [3.63, 3.8) is 0 Å². The molecule has 0 aromatic carbocycles. The van der Waals surface area contributed by atoms with Crippen molar-refractivity contribution in [2.24, 2.45) is 11.8 Å². The predicted octanol–water partition coefficient (Wildman–Crippen LogP) is 2.94. The second-order valence-electron chi connectivity index (χ2n) is 17.5. The number of aliphatic hydroxyl groups is 2. The molecule has 0 saturated carbocycles. The summed E-state index contributed by atoms with van der Waals surface area (Å²) in [6, 6.07) is -0.805. The molecule has 62 heavy (non-hydrogen) atoms. The number of carbonyl (C=O) groups excluding carboxylic acids is 5.